The summed E-state index contributed by atoms with van der Waals surface area (Å²) in [4.78, 5) is 0. The van der Waals surface area contributed by atoms with E-state index in [-0.39, 0.29) is 44.6 Å². The van der Waals surface area contributed by atoms with E-state index < -0.39 is 0 Å². The molecule has 0 fully saturated rings. The minimum atomic E-state index is 0. The van der Waals surface area contributed by atoms with Crippen molar-refractivity contribution in [2.24, 2.45) is 0 Å². The van der Waals surface area contributed by atoms with Crippen molar-refractivity contribution in [3.63, 3.8) is 0 Å². The van der Waals surface area contributed by atoms with Crippen LogP contribution in [0.1, 0.15) is 66.8 Å². The minimum absolute atomic E-state index is 0. The van der Waals surface area contributed by atoms with E-state index >= 15 is 0 Å². The molecule has 0 unspecified atom stereocenters. The summed E-state index contributed by atoms with van der Waals surface area (Å²) < 4.78 is 7.02. The quantitative estimate of drug-likeness (QED) is 0.415. The van der Waals surface area contributed by atoms with E-state index in [2.05, 4.69) is 27.7 Å². The number of hydrogen-bond acceptors (Lipinski definition) is 0. The van der Waals surface area contributed by atoms with Crippen molar-refractivity contribution < 1.29 is 0 Å². The zero-order valence-corrected chi connectivity index (χ0v) is 20.0. The molecule has 2 rings (SSSR count). The first kappa shape index (κ1) is 34.8. The van der Waals surface area contributed by atoms with Crippen LogP contribution in [0.3, 0.4) is 0 Å². The SMILES string of the molecule is C.C.C.C.C.C.Cc1[c]([SnH])[se]c(-c2[se][c]([SnH])c(C)c2C)c1C. The maximum absolute atomic E-state index is 2.34. The zero-order valence-electron chi connectivity index (χ0n) is 9.97. The van der Waals surface area contributed by atoms with E-state index in [1.165, 1.54) is 45.0 Å². The van der Waals surface area contributed by atoms with Crippen LogP contribution in [-0.4, -0.2) is 74.1 Å². The van der Waals surface area contributed by atoms with Crippen LogP contribution < -0.4 is 4.91 Å². The van der Waals surface area contributed by atoms with Gasteiger partial charge in [-0.25, -0.2) is 0 Å². The van der Waals surface area contributed by atoms with Gasteiger partial charge >= 0.3 is 138 Å². The van der Waals surface area contributed by atoms with Crippen molar-refractivity contribution in [3.8, 4) is 8.87 Å². The van der Waals surface area contributed by atoms with E-state index in [9.17, 15) is 0 Å². The fourth-order valence-electron chi connectivity index (χ4n) is 1.67. The van der Waals surface area contributed by atoms with Crippen LogP contribution in [0.4, 0.5) is 0 Å². The van der Waals surface area contributed by atoms with Crippen LogP contribution in [0.5, 0.6) is 0 Å². The average molecular weight is 650 g/mol. The molecule has 0 aliphatic heterocycles. The Kier molecular flexibility index (Phi) is 21.9. The molecular formula is C18H38Se2Sn2. The molecule has 0 aromatic carbocycles. The Morgan fingerprint density at radius 3 is 0.864 bits per heavy atom. The second kappa shape index (κ2) is 13.8. The Balaban J connectivity index is -0.000000161. The Morgan fingerprint density at radius 1 is 0.500 bits per heavy atom. The predicted molar refractivity (Wildman–Crippen MR) is 119 cm³/mol. The summed E-state index contributed by atoms with van der Waals surface area (Å²) in [5.74, 6) is 0. The third kappa shape index (κ3) is 6.48. The first-order valence-electron chi connectivity index (χ1n) is 5.14. The fourth-order valence-corrected chi connectivity index (χ4v) is 11.8. The van der Waals surface area contributed by atoms with Gasteiger partial charge in [0, 0.05) is 0 Å². The molecule has 2 aromatic rings. The number of rotatable bonds is 1. The van der Waals surface area contributed by atoms with Gasteiger partial charge in [-0.2, -0.15) is 0 Å². The first-order chi connectivity index (χ1) is 7.43. The van der Waals surface area contributed by atoms with Gasteiger partial charge in [-0.3, -0.25) is 0 Å². The zero-order chi connectivity index (χ0) is 12.0. The molecule has 0 amide bonds. The van der Waals surface area contributed by atoms with Crippen LogP contribution in [0.15, 0.2) is 0 Å². The summed E-state index contributed by atoms with van der Waals surface area (Å²) >= 11 is 3.99. The van der Waals surface area contributed by atoms with Crippen molar-refractivity contribution in [3.05, 3.63) is 22.3 Å². The Bertz CT molecular complexity index is 502. The van der Waals surface area contributed by atoms with E-state index in [0.29, 0.717) is 29.0 Å². The summed E-state index contributed by atoms with van der Waals surface area (Å²) in [7, 11) is 0. The van der Waals surface area contributed by atoms with E-state index in [0.717, 1.165) is 0 Å². The summed E-state index contributed by atoms with van der Waals surface area (Å²) in [6.45, 7) is 9.32. The van der Waals surface area contributed by atoms with E-state index in [1.54, 1.807) is 36.0 Å². The van der Waals surface area contributed by atoms with Gasteiger partial charge in [0.05, 0.1) is 0 Å². The van der Waals surface area contributed by atoms with Gasteiger partial charge in [0.1, 0.15) is 0 Å². The number of hydrogen-bond donors (Lipinski definition) is 0. The van der Waals surface area contributed by atoms with Gasteiger partial charge in [-0.1, -0.05) is 44.6 Å². The molecule has 0 bridgehead atoms. The van der Waals surface area contributed by atoms with Gasteiger partial charge in [-0.15, -0.1) is 0 Å². The Labute approximate surface area is 180 Å². The molecule has 0 aliphatic carbocycles. The standard InChI is InChI=1S/C12H12Se2.6CH4.2Sn.2H/c1-7-5-13-11(9(7)3)12-10(4)8(2)6-14-12;;;;;;;;;;/h1-4H3;6*1H4;;;;. The summed E-state index contributed by atoms with van der Waals surface area (Å²) in [5, 5.41) is 0. The fraction of sp³-hybridized carbons (Fsp3) is 0.556. The molecule has 0 N–H and O–H groups in total. The van der Waals surface area contributed by atoms with E-state index in [1.807, 2.05) is 0 Å². The average Bonchev–Trinajstić information content (AvgIpc) is 2.64. The molecule has 2 heterocycles. The Hall–Kier alpha value is 1.60. The molecule has 0 aliphatic rings. The van der Waals surface area contributed by atoms with Crippen LogP contribution >= 0.6 is 0 Å². The topological polar surface area (TPSA) is 0 Å². The molecule has 0 nitrogen and oxygen atoms in total. The van der Waals surface area contributed by atoms with Crippen molar-refractivity contribution in [2.45, 2.75) is 72.3 Å². The van der Waals surface area contributed by atoms with Crippen LogP contribution in [0, 0.1) is 27.7 Å². The van der Waals surface area contributed by atoms with E-state index in [4.69, 9.17) is 0 Å². The summed E-state index contributed by atoms with van der Waals surface area (Å²) in [6, 6.07) is 0. The third-order valence-corrected chi connectivity index (χ3v) is 15.0. The summed E-state index contributed by atoms with van der Waals surface area (Å²) in [5.41, 5.74) is 6.46. The second-order valence-electron chi connectivity index (χ2n) is 4.09. The molecule has 130 valence electrons. The van der Waals surface area contributed by atoms with Gasteiger partial charge in [0.15, 0.2) is 0 Å². The van der Waals surface area contributed by atoms with Gasteiger partial charge < -0.3 is 0 Å². The monoisotopic (exact) mass is 654 g/mol. The normalized spacial score (nSPS) is 8.09. The summed E-state index contributed by atoms with van der Waals surface area (Å²) in [6.07, 6.45) is 0. The molecule has 0 atom stereocenters. The Morgan fingerprint density at radius 2 is 0.727 bits per heavy atom. The van der Waals surface area contributed by atoms with Crippen molar-refractivity contribution in [1.82, 2.24) is 0 Å². The molecular weight excluding hydrogens is 612 g/mol. The van der Waals surface area contributed by atoms with Crippen molar-refractivity contribution >= 4 is 79.0 Å². The molecule has 0 saturated carbocycles. The van der Waals surface area contributed by atoms with Crippen molar-refractivity contribution in [1.29, 1.82) is 0 Å². The predicted octanol–water partition coefficient (Wildman–Crippen LogP) is 3.57. The molecule has 0 saturated heterocycles. The second-order valence-corrected chi connectivity index (χ2v) is 17.1. The maximum atomic E-state index is 2.34. The molecule has 0 spiro atoms. The first-order valence-corrected chi connectivity index (χ1v) is 11.9. The van der Waals surface area contributed by atoms with Gasteiger partial charge in [0.2, 0.25) is 0 Å². The molecule has 4 radical (unpaired) electrons. The third-order valence-electron chi connectivity index (χ3n) is 3.18. The van der Waals surface area contributed by atoms with Gasteiger partial charge in [0.25, 0.3) is 0 Å². The molecule has 4 heteroatoms. The molecule has 22 heavy (non-hydrogen) atoms. The van der Waals surface area contributed by atoms with Crippen LogP contribution in [0.25, 0.3) is 8.87 Å². The van der Waals surface area contributed by atoms with Crippen LogP contribution in [-0.2, 0) is 0 Å². The van der Waals surface area contributed by atoms with Crippen molar-refractivity contribution in [2.75, 3.05) is 0 Å². The van der Waals surface area contributed by atoms with Crippen LogP contribution in [0.2, 0.25) is 0 Å². The molecule has 2 aromatic heterocycles. The van der Waals surface area contributed by atoms with Gasteiger partial charge in [-0.05, 0) is 0 Å².